The van der Waals surface area contributed by atoms with Crippen LogP contribution in [0.1, 0.15) is 68.2 Å². The zero-order valence-electron chi connectivity index (χ0n) is 21.6. The lowest BCUT2D eigenvalue weighted by molar-refractivity contribution is -0.137. The van der Waals surface area contributed by atoms with E-state index in [1.165, 1.54) is 18.4 Å². The molecule has 7 nitrogen and oxygen atoms in total. The summed E-state index contributed by atoms with van der Waals surface area (Å²) in [4.78, 5) is 28.0. The number of ether oxygens (including phenoxy) is 1. The third kappa shape index (κ3) is 4.47. The number of benzene rings is 2. The molecule has 1 saturated carbocycles. The molecule has 2 amide bonds. The first-order valence-corrected chi connectivity index (χ1v) is 13.9. The summed E-state index contributed by atoms with van der Waals surface area (Å²) in [7, 11) is 0. The van der Waals surface area contributed by atoms with Gasteiger partial charge in [-0.15, -0.1) is 0 Å². The number of rotatable bonds is 5. The van der Waals surface area contributed by atoms with E-state index in [1.54, 1.807) is 6.92 Å². The second kappa shape index (κ2) is 10.2. The number of carbonyl (C=O) groups excluding carboxylic acids is 2. The van der Waals surface area contributed by atoms with Crippen LogP contribution in [0.5, 0.6) is 0 Å². The Kier molecular flexibility index (Phi) is 6.78. The van der Waals surface area contributed by atoms with Crippen LogP contribution in [0.25, 0.3) is 0 Å². The van der Waals surface area contributed by atoms with Gasteiger partial charge in [0.05, 0.1) is 18.8 Å². The summed E-state index contributed by atoms with van der Waals surface area (Å²) in [6, 6.07) is 18.7. The number of hydrazine groups is 1. The Labute approximate surface area is 219 Å². The van der Waals surface area contributed by atoms with E-state index in [4.69, 9.17) is 4.74 Å². The van der Waals surface area contributed by atoms with E-state index in [-0.39, 0.29) is 35.4 Å². The van der Waals surface area contributed by atoms with Crippen molar-refractivity contribution in [3.8, 4) is 0 Å². The molecule has 2 saturated heterocycles. The lowest BCUT2D eigenvalue weighted by Gasteiger charge is -2.45. The first-order chi connectivity index (χ1) is 18.1. The number of hydrogen-bond donors (Lipinski definition) is 3. The van der Waals surface area contributed by atoms with Gasteiger partial charge in [-0.05, 0) is 42.4 Å². The maximum absolute atomic E-state index is 13.6. The molecule has 2 aromatic rings. The standard InChI is InChI=1S/C30H38N4O3/c1-20(35)31-26-22-11-5-7-13-24(22)30(28(26)37-19-21-9-3-2-4-10-21)15-17-34(18-16-30)29(36)27-23-12-6-8-14-25(23)32-33-27/h2-5,7,9-11,13,23,25-28,32-33H,6,8,12,14-19H2,1H3,(H,31,35)/t23?,25?,26-,27?,28+/m0/s1. The third-order valence-corrected chi connectivity index (χ3v) is 9.22. The van der Waals surface area contributed by atoms with Crippen molar-refractivity contribution in [3.05, 3.63) is 71.3 Å². The molecule has 2 aliphatic carbocycles. The maximum Gasteiger partial charge on any atom is 0.241 e. The molecule has 0 radical (unpaired) electrons. The number of nitrogens with zero attached hydrogens (tertiary/aromatic N) is 1. The molecule has 6 rings (SSSR count). The summed E-state index contributed by atoms with van der Waals surface area (Å²) >= 11 is 0. The van der Waals surface area contributed by atoms with Gasteiger partial charge in [-0.3, -0.25) is 15.0 Å². The van der Waals surface area contributed by atoms with Crippen molar-refractivity contribution < 1.29 is 14.3 Å². The van der Waals surface area contributed by atoms with E-state index < -0.39 is 0 Å². The molecule has 196 valence electrons. The van der Waals surface area contributed by atoms with E-state index in [0.29, 0.717) is 31.7 Å². The van der Waals surface area contributed by atoms with Crippen LogP contribution < -0.4 is 16.2 Å². The molecule has 1 spiro atoms. The Morgan fingerprint density at radius 1 is 1.00 bits per heavy atom. The highest BCUT2D eigenvalue weighted by molar-refractivity contribution is 5.83. The van der Waals surface area contributed by atoms with E-state index in [2.05, 4.69) is 51.4 Å². The summed E-state index contributed by atoms with van der Waals surface area (Å²) < 4.78 is 6.70. The van der Waals surface area contributed by atoms with Gasteiger partial charge < -0.3 is 15.0 Å². The quantitative estimate of drug-likeness (QED) is 0.584. The summed E-state index contributed by atoms with van der Waals surface area (Å²) in [5, 5.41) is 3.20. The lowest BCUT2D eigenvalue weighted by Crippen LogP contribution is -2.55. The number of amides is 2. The maximum atomic E-state index is 13.6. The van der Waals surface area contributed by atoms with Crippen molar-refractivity contribution in [2.24, 2.45) is 5.92 Å². The van der Waals surface area contributed by atoms with E-state index in [9.17, 15) is 9.59 Å². The Bertz CT molecular complexity index is 1130. The van der Waals surface area contributed by atoms with Gasteiger partial charge in [0.2, 0.25) is 11.8 Å². The van der Waals surface area contributed by atoms with Gasteiger partial charge in [0.1, 0.15) is 6.04 Å². The molecule has 2 aromatic carbocycles. The van der Waals surface area contributed by atoms with Crippen LogP contribution in [0.15, 0.2) is 54.6 Å². The molecule has 2 aliphatic heterocycles. The molecule has 3 N–H and O–H groups in total. The number of piperidine rings is 1. The molecule has 2 heterocycles. The van der Waals surface area contributed by atoms with Gasteiger partial charge in [-0.1, -0.05) is 67.4 Å². The fourth-order valence-electron chi connectivity index (χ4n) is 7.41. The van der Waals surface area contributed by atoms with Crippen LogP contribution >= 0.6 is 0 Å². The molecule has 37 heavy (non-hydrogen) atoms. The molecule has 4 aliphatic rings. The van der Waals surface area contributed by atoms with Crippen LogP contribution in [-0.2, 0) is 26.3 Å². The molecule has 0 aromatic heterocycles. The number of fused-ring (bicyclic) bond motifs is 3. The minimum atomic E-state index is -0.246. The van der Waals surface area contributed by atoms with Gasteiger partial charge in [-0.25, -0.2) is 5.43 Å². The van der Waals surface area contributed by atoms with Crippen LogP contribution in [0, 0.1) is 5.92 Å². The fraction of sp³-hybridized carbons (Fsp3) is 0.533. The second-order valence-electron chi connectivity index (χ2n) is 11.3. The highest BCUT2D eigenvalue weighted by Crippen LogP contribution is 2.52. The van der Waals surface area contributed by atoms with Crippen LogP contribution in [-0.4, -0.2) is 48.0 Å². The summed E-state index contributed by atoms with van der Waals surface area (Å²) in [5.41, 5.74) is 10.00. The van der Waals surface area contributed by atoms with Crippen molar-refractivity contribution in [1.29, 1.82) is 0 Å². The lowest BCUT2D eigenvalue weighted by atomic mass is 9.71. The monoisotopic (exact) mass is 502 g/mol. The first-order valence-electron chi connectivity index (χ1n) is 13.9. The average Bonchev–Trinajstić information content (AvgIpc) is 3.46. The molecular formula is C30H38N4O3. The molecule has 3 unspecified atom stereocenters. The first kappa shape index (κ1) is 24.6. The van der Waals surface area contributed by atoms with E-state index in [0.717, 1.165) is 36.8 Å². The highest BCUT2D eigenvalue weighted by atomic mass is 16.5. The molecule has 3 fully saturated rings. The number of likely N-dealkylation sites (tertiary alicyclic amines) is 1. The van der Waals surface area contributed by atoms with Crippen LogP contribution in [0.2, 0.25) is 0 Å². The predicted octanol–water partition coefficient (Wildman–Crippen LogP) is 3.36. The van der Waals surface area contributed by atoms with Crippen LogP contribution in [0.3, 0.4) is 0 Å². The number of carbonyl (C=O) groups is 2. The summed E-state index contributed by atoms with van der Waals surface area (Å²) in [6.45, 7) is 3.45. The van der Waals surface area contributed by atoms with Crippen molar-refractivity contribution in [2.75, 3.05) is 13.1 Å². The minimum absolute atomic E-state index is 0.0559. The normalized spacial score (nSPS) is 30.1. The number of hydrogen-bond acceptors (Lipinski definition) is 5. The average molecular weight is 503 g/mol. The van der Waals surface area contributed by atoms with Crippen molar-refractivity contribution in [3.63, 3.8) is 0 Å². The topological polar surface area (TPSA) is 82.7 Å². The summed E-state index contributed by atoms with van der Waals surface area (Å²) in [6.07, 6.45) is 6.15. The summed E-state index contributed by atoms with van der Waals surface area (Å²) in [5.74, 6) is 0.554. The van der Waals surface area contributed by atoms with Gasteiger partial charge in [-0.2, -0.15) is 0 Å². The second-order valence-corrected chi connectivity index (χ2v) is 11.3. The Morgan fingerprint density at radius 2 is 1.73 bits per heavy atom. The molecule has 7 heteroatoms. The largest absolute Gasteiger partial charge is 0.370 e. The predicted molar refractivity (Wildman–Crippen MR) is 141 cm³/mol. The Balaban J connectivity index is 1.24. The third-order valence-electron chi connectivity index (χ3n) is 9.22. The van der Waals surface area contributed by atoms with Gasteiger partial charge in [0.25, 0.3) is 0 Å². The number of nitrogens with one attached hydrogen (secondary N) is 3. The van der Waals surface area contributed by atoms with Crippen molar-refractivity contribution in [1.82, 2.24) is 21.1 Å². The fourth-order valence-corrected chi connectivity index (χ4v) is 7.41. The minimum Gasteiger partial charge on any atom is -0.370 e. The molecular weight excluding hydrogens is 464 g/mol. The zero-order chi connectivity index (χ0) is 25.4. The highest BCUT2D eigenvalue weighted by Gasteiger charge is 2.55. The van der Waals surface area contributed by atoms with Gasteiger partial charge in [0.15, 0.2) is 0 Å². The zero-order valence-corrected chi connectivity index (χ0v) is 21.6. The molecule has 5 atom stereocenters. The Morgan fingerprint density at radius 3 is 2.51 bits per heavy atom. The SMILES string of the molecule is CC(=O)N[C@H]1c2ccccc2C2(CCN(C(=O)C3NNC4CCCCC43)CC2)[C@@H]1OCc1ccccc1. The van der Waals surface area contributed by atoms with Crippen molar-refractivity contribution in [2.45, 2.75) is 81.7 Å². The van der Waals surface area contributed by atoms with E-state index >= 15 is 0 Å². The molecule has 0 bridgehead atoms. The van der Waals surface area contributed by atoms with Crippen molar-refractivity contribution >= 4 is 11.8 Å². The van der Waals surface area contributed by atoms with Crippen LogP contribution in [0.4, 0.5) is 0 Å². The van der Waals surface area contributed by atoms with Gasteiger partial charge >= 0.3 is 0 Å². The van der Waals surface area contributed by atoms with Gasteiger partial charge in [0, 0.05) is 37.4 Å². The smallest absolute Gasteiger partial charge is 0.241 e. The van der Waals surface area contributed by atoms with E-state index in [1.807, 2.05) is 24.3 Å². The Hall–Kier alpha value is -2.74.